The van der Waals surface area contributed by atoms with E-state index in [0.717, 1.165) is 29.1 Å². The van der Waals surface area contributed by atoms with Gasteiger partial charge in [0, 0.05) is 49.6 Å². The number of hydrogen-bond donors (Lipinski definition) is 1. The largest absolute Gasteiger partial charge is 0.486 e. The Morgan fingerprint density at radius 2 is 1.76 bits per heavy atom. The monoisotopic (exact) mass is 390 g/mol. The van der Waals surface area contributed by atoms with Crippen LogP contribution in [0.3, 0.4) is 0 Å². The number of ether oxygens (including phenoxy) is 2. The van der Waals surface area contributed by atoms with Crippen LogP contribution in [0.2, 0.25) is 0 Å². The van der Waals surface area contributed by atoms with Crippen LogP contribution in [0.15, 0.2) is 61.1 Å². The predicted octanol–water partition coefficient (Wildman–Crippen LogP) is 3.31. The van der Waals surface area contributed by atoms with Crippen LogP contribution in [-0.2, 0) is 6.42 Å². The minimum absolute atomic E-state index is 0.120. The fourth-order valence-electron chi connectivity index (χ4n) is 3.06. The van der Waals surface area contributed by atoms with Crippen molar-refractivity contribution in [2.24, 2.45) is 0 Å². The number of amides is 1. The van der Waals surface area contributed by atoms with Crippen molar-refractivity contribution in [2.75, 3.05) is 32.1 Å². The van der Waals surface area contributed by atoms with Gasteiger partial charge in [-0.05, 0) is 48.4 Å². The summed E-state index contributed by atoms with van der Waals surface area (Å²) in [6.45, 7) is 1.70. The number of aromatic nitrogens is 2. The Balaban J connectivity index is 1.42. The average molecular weight is 390 g/mol. The number of anilines is 2. The fraction of sp³-hybridized carbons (Fsp3) is 0.227. The van der Waals surface area contributed by atoms with Gasteiger partial charge in [-0.3, -0.25) is 14.8 Å². The summed E-state index contributed by atoms with van der Waals surface area (Å²) in [6.07, 6.45) is 5.90. The SMILES string of the molecule is CN(CCc1ccncc1)C(=O)c1cc(Nc2ccc3c(c2)OCCO3)ccn1. The summed E-state index contributed by atoms with van der Waals surface area (Å²) in [4.78, 5) is 22.7. The van der Waals surface area contributed by atoms with Crippen LogP contribution < -0.4 is 14.8 Å². The molecule has 4 rings (SSSR count). The third-order valence-corrected chi connectivity index (χ3v) is 4.64. The van der Waals surface area contributed by atoms with Crippen molar-refractivity contribution in [3.8, 4) is 11.5 Å². The van der Waals surface area contributed by atoms with Crippen LogP contribution in [0.25, 0.3) is 0 Å². The summed E-state index contributed by atoms with van der Waals surface area (Å²) in [7, 11) is 1.78. The maximum absolute atomic E-state index is 12.7. The first-order valence-electron chi connectivity index (χ1n) is 9.46. The Hall–Kier alpha value is -3.61. The number of hydrogen-bond acceptors (Lipinski definition) is 6. The summed E-state index contributed by atoms with van der Waals surface area (Å²) in [5, 5.41) is 3.29. The number of fused-ring (bicyclic) bond motifs is 1. The van der Waals surface area contributed by atoms with Crippen LogP contribution in [0.5, 0.6) is 11.5 Å². The second-order valence-corrected chi connectivity index (χ2v) is 6.75. The van der Waals surface area contributed by atoms with Gasteiger partial charge in [0.1, 0.15) is 18.9 Å². The first-order valence-corrected chi connectivity index (χ1v) is 9.46. The van der Waals surface area contributed by atoms with Gasteiger partial charge in [-0.15, -0.1) is 0 Å². The van der Waals surface area contributed by atoms with Gasteiger partial charge in [-0.1, -0.05) is 0 Å². The fourth-order valence-corrected chi connectivity index (χ4v) is 3.06. The molecule has 0 radical (unpaired) electrons. The normalized spacial score (nSPS) is 12.3. The molecule has 0 fully saturated rings. The molecule has 1 aliphatic rings. The first kappa shape index (κ1) is 18.7. The summed E-state index contributed by atoms with van der Waals surface area (Å²) < 4.78 is 11.2. The van der Waals surface area contributed by atoms with Gasteiger partial charge in [-0.25, -0.2) is 0 Å². The Bertz CT molecular complexity index is 994. The quantitative estimate of drug-likeness (QED) is 0.696. The maximum Gasteiger partial charge on any atom is 0.272 e. The summed E-state index contributed by atoms with van der Waals surface area (Å²) in [5.41, 5.74) is 3.17. The Labute approximate surface area is 169 Å². The number of likely N-dealkylation sites (N-methyl/N-ethyl adjacent to an activating group) is 1. The molecule has 0 saturated carbocycles. The zero-order chi connectivity index (χ0) is 20.1. The summed E-state index contributed by atoms with van der Waals surface area (Å²) in [5.74, 6) is 1.33. The van der Waals surface area contributed by atoms with E-state index in [0.29, 0.717) is 31.2 Å². The molecule has 29 heavy (non-hydrogen) atoms. The number of carbonyl (C=O) groups excluding carboxylic acids is 1. The second kappa shape index (κ2) is 8.60. The van der Waals surface area contributed by atoms with E-state index in [1.165, 1.54) is 0 Å². The van der Waals surface area contributed by atoms with Crippen LogP contribution in [0, 0.1) is 0 Å². The molecular formula is C22H22N4O3. The highest BCUT2D eigenvalue weighted by Gasteiger charge is 2.15. The van der Waals surface area contributed by atoms with Gasteiger partial charge < -0.3 is 19.7 Å². The number of pyridine rings is 2. The lowest BCUT2D eigenvalue weighted by Gasteiger charge is -2.19. The van der Waals surface area contributed by atoms with Gasteiger partial charge >= 0.3 is 0 Å². The average Bonchev–Trinajstić information content (AvgIpc) is 2.78. The van der Waals surface area contributed by atoms with Gasteiger partial charge in [0.05, 0.1) is 0 Å². The minimum atomic E-state index is -0.120. The van der Waals surface area contributed by atoms with Crippen molar-refractivity contribution in [2.45, 2.75) is 6.42 Å². The van der Waals surface area contributed by atoms with E-state index in [2.05, 4.69) is 15.3 Å². The molecule has 3 aromatic rings. The molecule has 0 saturated heterocycles. The van der Waals surface area contributed by atoms with Crippen LogP contribution in [0.4, 0.5) is 11.4 Å². The highest BCUT2D eigenvalue weighted by Crippen LogP contribution is 2.33. The molecule has 2 aromatic heterocycles. The van der Waals surface area contributed by atoms with E-state index in [1.807, 2.05) is 36.4 Å². The van der Waals surface area contributed by atoms with E-state index in [1.54, 1.807) is 36.6 Å². The molecule has 3 heterocycles. The topological polar surface area (TPSA) is 76.6 Å². The van der Waals surface area contributed by atoms with Crippen molar-refractivity contribution < 1.29 is 14.3 Å². The number of nitrogens with zero attached hydrogens (tertiary/aromatic N) is 3. The smallest absolute Gasteiger partial charge is 0.272 e. The lowest BCUT2D eigenvalue weighted by Crippen LogP contribution is -2.29. The standard InChI is InChI=1S/C22H22N4O3/c1-26(11-7-16-4-8-23-9-5-16)22(27)19-14-18(6-10-24-19)25-17-2-3-20-21(15-17)29-13-12-28-20/h2-6,8-10,14-15H,7,11-13H2,1H3,(H,24,25). The summed E-state index contributed by atoms with van der Waals surface area (Å²) >= 11 is 0. The van der Waals surface area contributed by atoms with E-state index in [4.69, 9.17) is 9.47 Å². The first-order chi connectivity index (χ1) is 14.2. The Morgan fingerprint density at radius 1 is 1.00 bits per heavy atom. The van der Waals surface area contributed by atoms with Crippen LogP contribution in [-0.4, -0.2) is 47.6 Å². The molecule has 1 aliphatic heterocycles. The second-order valence-electron chi connectivity index (χ2n) is 6.75. The number of carbonyl (C=O) groups is 1. The Morgan fingerprint density at radius 3 is 2.59 bits per heavy atom. The highest BCUT2D eigenvalue weighted by molar-refractivity contribution is 5.93. The molecule has 0 spiro atoms. The molecular weight excluding hydrogens is 368 g/mol. The molecule has 0 unspecified atom stereocenters. The van der Waals surface area contributed by atoms with E-state index in [-0.39, 0.29) is 5.91 Å². The van der Waals surface area contributed by atoms with E-state index < -0.39 is 0 Å². The van der Waals surface area contributed by atoms with Crippen molar-refractivity contribution in [1.29, 1.82) is 0 Å². The van der Waals surface area contributed by atoms with Crippen molar-refractivity contribution in [3.05, 3.63) is 72.3 Å². The highest BCUT2D eigenvalue weighted by atomic mass is 16.6. The van der Waals surface area contributed by atoms with Crippen molar-refractivity contribution >= 4 is 17.3 Å². The Kier molecular flexibility index (Phi) is 5.56. The van der Waals surface area contributed by atoms with Crippen LogP contribution in [0.1, 0.15) is 16.1 Å². The van der Waals surface area contributed by atoms with E-state index in [9.17, 15) is 4.79 Å². The molecule has 0 bridgehead atoms. The zero-order valence-corrected chi connectivity index (χ0v) is 16.2. The maximum atomic E-state index is 12.7. The molecule has 148 valence electrons. The molecule has 0 atom stereocenters. The van der Waals surface area contributed by atoms with Crippen molar-refractivity contribution in [3.63, 3.8) is 0 Å². The number of rotatable bonds is 6. The lowest BCUT2D eigenvalue weighted by atomic mass is 10.2. The van der Waals surface area contributed by atoms with Gasteiger partial charge in [0.15, 0.2) is 11.5 Å². The number of benzene rings is 1. The molecule has 7 nitrogen and oxygen atoms in total. The third-order valence-electron chi connectivity index (χ3n) is 4.64. The lowest BCUT2D eigenvalue weighted by molar-refractivity contribution is 0.0791. The van der Waals surface area contributed by atoms with Gasteiger partial charge in [-0.2, -0.15) is 0 Å². The van der Waals surface area contributed by atoms with Gasteiger partial charge in [0.2, 0.25) is 0 Å². The summed E-state index contributed by atoms with van der Waals surface area (Å²) in [6, 6.07) is 13.2. The molecule has 1 N–H and O–H groups in total. The van der Waals surface area contributed by atoms with Crippen molar-refractivity contribution in [1.82, 2.24) is 14.9 Å². The number of nitrogens with one attached hydrogen (secondary N) is 1. The molecule has 1 amide bonds. The zero-order valence-electron chi connectivity index (χ0n) is 16.2. The predicted molar refractivity (Wildman–Crippen MR) is 110 cm³/mol. The van der Waals surface area contributed by atoms with Crippen LogP contribution >= 0.6 is 0 Å². The molecule has 1 aromatic carbocycles. The molecule has 0 aliphatic carbocycles. The van der Waals surface area contributed by atoms with E-state index >= 15 is 0 Å². The van der Waals surface area contributed by atoms with Gasteiger partial charge in [0.25, 0.3) is 5.91 Å². The minimum Gasteiger partial charge on any atom is -0.486 e. The third kappa shape index (κ3) is 4.63. The molecule has 7 heteroatoms.